The molecule has 0 aromatic carbocycles. The Kier molecular flexibility index (Phi) is 3.03. The third-order valence-corrected chi connectivity index (χ3v) is 1.61. The van der Waals surface area contributed by atoms with Crippen molar-refractivity contribution in [2.75, 3.05) is 0 Å². The average Bonchev–Trinajstić information content (AvgIpc) is 2.51. The van der Waals surface area contributed by atoms with E-state index in [9.17, 15) is 4.79 Å². The Bertz CT molecular complexity index is 337. The van der Waals surface area contributed by atoms with Crippen molar-refractivity contribution in [3.63, 3.8) is 0 Å². The highest BCUT2D eigenvalue weighted by Gasteiger charge is 2.01. The number of rotatable bonds is 4. The maximum Gasteiger partial charge on any atom is 0.303 e. The highest BCUT2D eigenvalue weighted by Crippen LogP contribution is 1.99. The quantitative estimate of drug-likeness (QED) is 0.734. The molecule has 0 amide bonds. The Morgan fingerprint density at radius 2 is 2.54 bits per heavy atom. The topological polar surface area (TPSA) is 78.9 Å². The van der Waals surface area contributed by atoms with Crippen molar-refractivity contribution in [3.8, 4) is 6.07 Å². The summed E-state index contributed by atoms with van der Waals surface area (Å²) in [5, 5.41) is 16.9. The van der Waals surface area contributed by atoms with Gasteiger partial charge in [-0.2, -0.15) is 5.26 Å². The van der Waals surface area contributed by atoms with E-state index in [1.54, 1.807) is 10.8 Å². The molecule has 0 fully saturated rings. The van der Waals surface area contributed by atoms with Gasteiger partial charge >= 0.3 is 5.97 Å². The van der Waals surface area contributed by atoms with E-state index < -0.39 is 5.97 Å². The fourth-order valence-electron chi connectivity index (χ4n) is 1.00. The highest BCUT2D eigenvalue weighted by molar-refractivity contribution is 5.66. The maximum atomic E-state index is 10.2. The molecule has 0 saturated carbocycles. The minimum absolute atomic E-state index is 0.114. The van der Waals surface area contributed by atoms with Crippen LogP contribution in [0.15, 0.2) is 12.4 Å². The first-order chi connectivity index (χ1) is 6.24. The Labute approximate surface area is 75.2 Å². The lowest BCUT2D eigenvalue weighted by Crippen LogP contribution is -2.03. The van der Waals surface area contributed by atoms with Gasteiger partial charge in [0.2, 0.25) is 5.82 Å². The van der Waals surface area contributed by atoms with Gasteiger partial charge in [-0.15, -0.1) is 0 Å². The molecule has 5 heteroatoms. The zero-order valence-electron chi connectivity index (χ0n) is 6.97. The van der Waals surface area contributed by atoms with E-state index in [-0.39, 0.29) is 6.42 Å². The summed E-state index contributed by atoms with van der Waals surface area (Å²) in [6.45, 7) is 0.523. The van der Waals surface area contributed by atoms with Crippen LogP contribution < -0.4 is 0 Å². The van der Waals surface area contributed by atoms with Gasteiger partial charge in [-0.1, -0.05) is 0 Å². The van der Waals surface area contributed by atoms with Crippen molar-refractivity contribution in [1.82, 2.24) is 9.55 Å². The summed E-state index contributed by atoms with van der Waals surface area (Å²) >= 11 is 0. The lowest BCUT2D eigenvalue weighted by Gasteiger charge is -2.00. The summed E-state index contributed by atoms with van der Waals surface area (Å²) in [4.78, 5) is 14.0. The number of carboxylic acid groups (broad SMARTS) is 1. The monoisotopic (exact) mass is 179 g/mol. The van der Waals surface area contributed by atoms with Gasteiger partial charge in [0.15, 0.2) is 0 Å². The van der Waals surface area contributed by atoms with Crippen molar-refractivity contribution >= 4 is 5.97 Å². The van der Waals surface area contributed by atoms with E-state index in [1.165, 1.54) is 6.20 Å². The lowest BCUT2D eigenvalue weighted by atomic mass is 10.3. The van der Waals surface area contributed by atoms with Crippen LogP contribution >= 0.6 is 0 Å². The summed E-state index contributed by atoms with van der Waals surface area (Å²) < 4.78 is 1.64. The lowest BCUT2D eigenvalue weighted by molar-refractivity contribution is -0.137. The van der Waals surface area contributed by atoms with E-state index >= 15 is 0 Å². The first kappa shape index (κ1) is 9.26. The van der Waals surface area contributed by atoms with E-state index in [0.29, 0.717) is 18.8 Å². The molecule has 0 aliphatic heterocycles. The van der Waals surface area contributed by atoms with Gasteiger partial charge in [-0.05, 0) is 6.42 Å². The second kappa shape index (κ2) is 4.26. The molecule has 1 rings (SSSR count). The van der Waals surface area contributed by atoms with Crippen LogP contribution in [-0.2, 0) is 11.3 Å². The Balaban J connectivity index is 2.46. The predicted octanol–water partition coefficient (Wildman–Crippen LogP) is 0.620. The largest absolute Gasteiger partial charge is 0.481 e. The van der Waals surface area contributed by atoms with Crippen molar-refractivity contribution in [2.45, 2.75) is 19.4 Å². The predicted molar refractivity (Wildman–Crippen MR) is 43.8 cm³/mol. The van der Waals surface area contributed by atoms with Gasteiger partial charge in [-0.3, -0.25) is 4.79 Å². The molecule has 0 aliphatic carbocycles. The molecule has 68 valence electrons. The van der Waals surface area contributed by atoms with Crippen LogP contribution in [0.5, 0.6) is 0 Å². The number of nitrogens with zero attached hydrogens (tertiary/aromatic N) is 3. The number of carbonyl (C=O) groups is 1. The van der Waals surface area contributed by atoms with Crippen LogP contribution in [0.2, 0.25) is 0 Å². The van der Waals surface area contributed by atoms with Crippen molar-refractivity contribution in [3.05, 3.63) is 18.2 Å². The Morgan fingerprint density at radius 1 is 1.77 bits per heavy atom. The normalized spacial score (nSPS) is 9.46. The molecule has 1 N–H and O–H groups in total. The molecular weight excluding hydrogens is 170 g/mol. The van der Waals surface area contributed by atoms with Crippen LogP contribution in [0.3, 0.4) is 0 Å². The molecule has 5 nitrogen and oxygen atoms in total. The Morgan fingerprint density at radius 3 is 3.15 bits per heavy atom. The fourth-order valence-corrected chi connectivity index (χ4v) is 1.00. The zero-order chi connectivity index (χ0) is 9.68. The number of hydrogen-bond donors (Lipinski definition) is 1. The molecule has 1 aromatic rings. The number of hydrogen-bond acceptors (Lipinski definition) is 3. The standard InChI is InChI=1S/C8H9N3O2/c9-6-7-10-3-5-11(7)4-1-2-8(12)13/h3,5H,1-2,4H2,(H,12,13). The first-order valence-electron chi connectivity index (χ1n) is 3.87. The molecule has 0 atom stereocenters. The summed E-state index contributed by atoms with van der Waals surface area (Å²) in [5.74, 6) is -0.496. The maximum absolute atomic E-state index is 10.2. The number of imidazole rings is 1. The summed E-state index contributed by atoms with van der Waals surface area (Å²) in [7, 11) is 0. The number of carboxylic acids is 1. The van der Waals surface area contributed by atoms with Gasteiger partial charge in [-0.25, -0.2) is 4.98 Å². The van der Waals surface area contributed by atoms with Gasteiger partial charge < -0.3 is 9.67 Å². The van der Waals surface area contributed by atoms with E-state index in [0.717, 1.165) is 0 Å². The molecular formula is C8H9N3O2. The van der Waals surface area contributed by atoms with Gasteiger partial charge in [0.05, 0.1) is 0 Å². The molecule has 1 aromatic heterocycles. The van der Waals surface area contributed by atoms with Gasteiger partial charge in [0.25, 0.3) is 0 Å². The molecule has 0 unspecified atom stereocenters. The van der Waals surface area contributed by atoms with E-state index in [4.69, 9.17) is 10.4 Å². The molecule has 1 heterocycles. The van der Waals surface area contributed by atoms with E-state index in [2.05, 4.69) is 4.98 Å². The molecule has 13 heavy (non-hydrogen) atoms. The summed E-state index contributed by atoms with van der Waals surface area (Å²) in [6.07, 6.45) is 3.82. The number of aryl methyl sites for hydroxylation is 1. The molecule has 0 aliphatic rings. The molecule has 0 spiro atoms. The number of aliphatic carboxylic acids is 1. The second-order valence-corrected chi connectivity index (χ2v) is 2.55. The van der Waals surface area contributed by atoms with Crippen LogP contribution in [-0.4, -0.2) is 20.6 Å². The number of nitriles is 1. The second-order valence-electron chi connectivity index (χ2n) is 2.55. The first-order valence-corrected chi connectivity index (χ1v) is 3.87. The zero-order valence-corrected chi connectivity index (χ0v) is 6.97. The molecule has 0 bridgehead atoms. The van der Waals surface area contributed by atoms with Crippen molar-refractivity contribution in [2.24, 2.45) is 0 Å². The third-order valence-electron chi connectivity index (χ3n) is 1.61. The Hall–Kier alpha value is -1.83. The minimum Gasteiger partial charge on any atom is -0.481 e. The van der Waals surface area contributed by atoms with Crippen molar-refractivity contribution in [1.29, 1.82) is 5.26 Å². The van der Waals surface area contributed by atoms with Gasteiger partial charge in [0, 0.05) is 25.4 Å². The smallest absolute Gasteiger partial charge is 0.303 e. The highest BCUT2D eigenvalue weighted by atomic mass is 16.4. The van der Waals surface area contributed by atoms with Crippen LogP contribution in [0.1, 0.15) is 18.7 Å². The van der Waals surface area contributed by atoms with Crippen LogP contribution in [0.25, 0.3) is 0 Å². The minimum atomic E-state index is -0.821. The van der Waals surface area contributed by atoms with Gasteiger partial charge in [0.1, 0.15) is 6.07 Å². The molecule has 0 saturated heterocycles. The average molecular weight is 179 g/mol. The SMILES string of the molecule is N#Cc1nccn1CCCC(=O)O. The summed E-state index contributed by atoms with van der Waals surface area (Å²) in [5.41, 5.74) is 0. The van der Waals surface area contributed by atoms with Crippen LogP contribution in [0, 0.1) is 11.3 Å². The number of aromatic nitrogens is 2. The van der Waals surface area contributed by atoms with Crippen molar-refractivity contribution < 1.29 is 9.90 Å². The third kappa shape index (κ3) is 2.60. The van der Waals surface area contributed by atoms with Crippen LogP contribution in [0.4, 0.5) is 0 Å². The van der Waals surface area contributed by atoms with E-state index in [1.807, 2.05) is 6.07 Å². The fraction of sp³-hybridized carbons (Fsp3) is 0.375. The summed E-state index contributed by atoms with van der Waals surface area (Å²) in [6, 6.07) is 1.92. The molecule has 0 radical (unpaired) electrons.